The van der Waals surface area contributed by atoms with Crippen molar-refractivity contribution in [3.05, 3.63) is 77.1 Å². The van der Waals surface area contributed by atoms with Gasteiger partial charge in [-0.3, -0.25) is 9.48 Å². The van der Waals surface area contributed by atoms with Crippen LogP contribution in [0.1, 0.15) is 27.3 Å². The standard InChI is InChI=1S/C20H21N3O3S/c1-14-12-15(2)23(22-14)13-16-8-10-17(11-9-16)20(24)21-18-6-4-5-7-19(18)27(3,25)26/h4-12H,13H2,1-3H3,(H,21,24). The van der Waals surface area contributed by atoms with Crippen LogP contribution in [0.2, 0.25) is 0 Å². The summed E-state index contributed by atoms with van der Waals surface area (Å²) in [5, 5.41) is 7.11. The molecule has 0 aliphatic rings. The topological polar surface area (TPSA) is 81.1 Å². The molecule has 1 N–H and O–H groups in total. The molecule has 0 aliphatic carbocycles. The number of rotatable bonds is 5. The van der Waals surface area contributed by atoms with Gasteiger partial charge in [0, 0.05) is 17.5 Å². The van der Waals surface area contributed by atoms with Gasteiger partial charge < -0.3 is 5.32 Å². The van der Waals surface area contributed by atoms with E-state index in [1.165, 1.54) is 6.07 Å². The Labute approximate surface area is 158 Å². The molecule has 7 heteroatoms. The van der Waals surface area contributed by atoms with Gasteiger partial charge in [-0.2, -0.15) is 5.10 Å². The lowest BCUT2D eigenvalue weighted by molar-refractivity contribution is 0.102. The molecule has 0 atom stereocenters. The molecule has 27 heavy (non-hydrogen) atoms. The highest BCUT2D eigenvalue weighted by Crippen LogP contribution is 2.21. The van der Waals surface area contributed by atoms with Crippen molar-refractivity contribution < 1.29 is 13.2 Å². The Morgan fingerprint density at radius 3 is 2.33 bits per heavy atom. The monoisotopic (exact) mass is 383 g/mol. The molecule has 0 saturated heterocycles. The molecule has 0 spiro atoms. The molecule has 0 unspecified atom stereocenters. The van der Waals surface area contributed by atoms with E-state index in [-0.39, 0.29) is 16.5 Å². The quantitative estimate of drug-likeness (QED) is 0.734. The van der Waals surface area contributed by atoms with E-state index in [0.29, 0.717) is 12.1 Å². The number of sulfone groups is 1. The molecular formula is C20H21N3O3S. The first-order valence-electron chi connectivity index (χ1n) is 8.44. The van der Waals surface area contributed by atoms with Crippen molar-refractivity contribution in [1.82, 2.24) is 9.78 Å². The van der Waals surface area contributed by atoms with Crippen LogP contribution in [0.15, 0.2) is 59.5 Å². The van der Waals surface area contributed by atoms with Crippen molar-refractivity contribution in [3.8, 4) is 0 Å². The molecule has 0 aliphatic heterocycles. The first-order valence-corrected chi connectivity index (χ1v) is 10.3. The summed E-state index contributed by atoms with van der Waals surface area (Å²) < 4.78 is 25.6. The number of aromatic nitrogens is 2. The Morgan fingerprint density at radius 1 is 1.07 bits per heavy atom. The van der Waals surface area contributed by atoms with E-state index in [0.717, 1.165) is 23.2 Å². The van der Waals surface area contributed by atoms with Crippen LogP contribution in [0.5, 0.6) is 0 Å². The highest BCUT2D eigenvalue weighted by atomic mass is 32.2. The van der Waals surface area contributed by atoms with Gasteiger partial charge >= 0.3 is 0 Å². The second-order valence-electron chi connectivity index (χ2n) is 6.50. The van der Waals surface area contributed by atoms with E-state index in [4.69, 9.17) is 0 Å². The summed E-state index contributed by atoms with van der Waals surface area (Å²) in [5.41, 5.74) is 3.79. The summed E-state index contributed by atoms with van der Waals surface area (Å²) in [6.07, 6.45) is 1.12. The van der Waals surface area contributed by atoms with Crippen LogP contribution >= 0.6 is 0 Å². The molecule has 3 aromatic rings. The van der Waals surface area contributed by atoms with Gasteiger partial charge in [0.05, 0.1) is 22.8 Å². The molecule has 0 bridgehead atoms. The highest BCUT2D eigenvalue weighted by Gasteiger charge is 2.15. The minimum Gasteiger partial charge on any atom is -0.321 e. The Bertz CT molecular complexity index is 1080. The molecule has 0 radical (unpaired) electrons. The number of nitrogens with one attached hydrogen (secondary N) is 1. The fourth-order valence-corrected chi connectivity index (χ4v) is 3.70. The van der Waals surface area contributed by atoms with Crippen molar-refractivity contribution in [3.63, 3.8) is 0 Å². The first-order chi connectivity index (χ1) is 12.7. The number of carbonyl (C=O) groups excluding carboxylic acids is 1. The van der Waals surface area contributed by atoms with Gasteiger partial charge in [-0.25, -0.2) is 8.42 Å². The van der Waals surface area contributed by atoms with Crippen LogP contribution in [0.25, 0.3) is 0 Å². The van der Waals surface area contributed by atoms with E-state index in [1.54, 1.807) is 30.3 Å². The maximum Gasteiger partial charge on any atom is 0.255 e. The van der Waals surface area contributed by atoms with Crippen LogP contribution in [-0.4, -0.2) is 30.4 Å². The Morgan fingerprint density at radius 2 is 1.74 bits per heavy atom. The van der Waals surface area contributed by atoms with Crippen LogP contribution in [0.4, 0.5) is 5.69 Å². The van der Waals surface area contributed by atoms with Gasteiger partial charge in [0.1, 0.15) is 0 Å². The largest absolute Gasteiger partial charge is 0.321 e. The fraction of sp³-hybridized carbons (Fsp3) is 0.200. The number of hydrogen-bond donors (Lipinski definition) is 1. The van der Waals surface area contributed by atoms with Gasteiger partial charge in [0.25, 0.3) is 5.91 Å². The number of aryl methyl sites for hydroxylation is 2. The number of nitrogens with zero attached hydrogens (tertiary/aromatic N) is 2. The zero-order valence-electron chi connectivity index (χ0n) is 15.4. The Kier molecular flexibility index (Phi) is 5.14. The minimum absolute atomic E-state index is 0.0968. The third kappa shape index (κ3) is 4.43. The second kappa shape index (κ2) is 7.36. The summed E-state index contributed by atoms with van der Waals surface area (Å²) in [6, 6.07) is 15.6. The van der Waals surface area contributed by atoms with Crippen molar-refractivity contribution in [1.29, 1.82) is 0 Å². The Hall–Kier alpha value is -2.93. The number of para-hydroxylation sites is 1. The van der Waals surface area contributed by atoms with E-state index in [9.17, 15) is 13.2 Å². The molecular weight excluding hydrogens is 362 g/mol. The normalized spacial score (nSPS) is 11.4. The van der Waals surface area contributed by atoms with E-state index in [2.05, 4.69) is 10.4 Å². The van der Waals surface area contributed by atoms with Crippen LogP contribution in [0.3, 0.4) is 0 Å². The smallest absolute Gasteiger partial charge is 0.255 e. The maximum atomic E-state index is 12.5. The predicted molar refractivity (Wildman–Crippen MR) is 105 cm³/mol. The molecule has 0 saturated carbocycles. The molecule has 2 aromatic carbocycles. The lowest BCUT2D eigenvalue weighted by Gasteiger charge is -2.10. The van der Waals surface area contributed by atoms with Crippen LogP contribution in [0, 0.1) is 13.8 Å². The second-order valence-corrected chi connectivity index (χ2v) is 8.49. The molecule has 1 heterocycles. The summed E-state index contributed by atoms with van der Waals surface area (Å²) in [4.78, 5) is 12.6. The van der Waals surface area contributed by atoms with Crippen molar-refractivity contribution in [2.24, 2.45) is 0 Å². The van der Waals surface area contributed by atoms with E-state index >= 15 is 0 Å². The lowest BCUT2D eigenvalue weighted by atomic mass is 10.1. The van der Waals surface area contributed by atoms with Crippen molar-refractivity contribution in [2.45, 2.75) is 25.3 Å². The highest BCUT2D eigenvalue weighted by molar-refractivity contribution is 7.90. The number of amides is 1. The summed E-state index contributed by atoms with van der Waals surface area (Å²) in [6.45, 7) is 4.57. The van der Waals surface area contributed by atoms with Crippen LogP contribution < -0.4 is 5.32 Å². The van der Waals surface area contributed by atoms with Gasteiger partial charge in [-0.15, -0.1) is 0 Å². The van der Waals surface area contributed by atoms with E-state index in [1.807, 2.05) is 36.7 Å². The molecule has 1 amide bonds. The predicted octanol–water partition coefficient (Wildman–Crippen LogP) is 3.20. The molecule has 6 nitrogen and oxygen atoms in total. The van der Waals surface area contributed by atoms with Gasteiger partial charge in [0.2, 0.25) is 0 Å². The number of carbonyl (C=O) groups is 1. The SMILES string of the molecule is Cc1cc(C)n(Cc2ccc(C(=O)Nc3ccccc3S(C)(=O)=O)cc2)n1. The van der Waals surface area contributed by atoms with Crippen molar-refractivity contribution in [2.75, 3.05) is 11.6 Å². The molecule has 0 fully saturated rings. The van der Waals surface area contributed by atoms with Crippen LogP contribution in [-0.2, 0) is 16.4 Å². The molecule has 140 valence electrons. The lowest BCUT2D eigenvalue weighted by Crippen LogP contribution is -2.14. The third-order valence-electron chi connectivity index (χ3n) is 4.19. The molecule has 3 rings (SSSR count). The van der Waals surface area contributed by atoms with Gasteiger partial charge in [-0.05, 0) is 49.7 Å². The average Bonchev–Trinajstić information content (AvgIpc) is 2.92. The van der Waals surface area contributed by atoms with Gasteiger partial charge in [0.15, 0.2) is 9.84 Å². The molecule has 1 aromatic heterocycles. The van der Waals surface area contributed by atoms with Gasteiger partial charge in [-0.1, -0.05) is 24.3 Å². The maximum absolute atomic E-state index is 12.5. The van der Waals surface area contributed by atoms with E-state index < -0.39 is 9.84 Å². The number of anilines is 1. The number of hydrogen-bond acceptors (Lipinski definition) is 4. The summed E-state index contributed by atoms with van der Waals surface area (Å²) in [7, 11) is -3.43. The zero-order valence-corrected chi connectivity index (χ0v) is 16.2. The minimum atomic E-state index is -3.43. The zero-order chi connectivity index (χ0) is 19.6. The van der Waals surface area contributed by atoms with Crippen molar-refractivity contribution >= 4 is 21.4 Å². The third-order valence-corrected chi connectivity index (χ3v) is 5.34. The summed E-state index contributed by atoms with van der Waals surface area (Å²) >= 11 is 0. The average molecular weight is 383 g/mol. The number of benzene rings is 2. The fourth-order valence-electron chi connectivity index (χ4n) is 2.86. The first kappa shape index (κ1) is 18.8. The Balaban J connectivity index is 1.76. The summed E-state index contributed by atoms with van der Waals surface area (Å²) in [5.74, 6) is -0.358.